The van der Waals surface area contributed by atoms with E-state index in [4.69, 9.17) is 0 Å². The van der Waals surface area contributed by atoms with Gasteiger partial charge in [0.2, 0.25) is 0 Å². The van der Waals surface area contributed by atoms with Crippen molar-refractivity contribution in [3.05, 3.63) is 83.9 Å². The van der Waals surface area contributed by atoms with Crippen molar-refractivity contribution in [2.45, 2.75) is 44.4 Å². The van der Waals surface area contributed by atoms with E-state index in [2.05, 4.69) is 84.7 Å². The third-order valence-corrected chi connectivity index (χ3v) is 9.49. The average molecular weight is 428 g/mol. The van der Waals surface area contributed by atoms with Gasteiger partial charge in [0.1, 0.15) is 0 Å². The van der Waals surface area contributed by atoms with Gasteiger partial charge in [0.05, 0.1) is 5.52 Å². The molecule has 1 heteroatoms. The van der Waals surface area contributed by atoms with Crippen molar-refractivity contribution in [3.63, 3.8) is 0 Å². The largest absolute Gasteiger partial charge is 0.354 e. The standard InChI is InChI=1S/C32H29N/c1-19-16-20-14-15-32(22(17-19)18-20)27-9-5-4-8-24(27)25-11-12-26-29-23-7-3-2-6-21(23)10-13-28(29)33-31(26)30(25)32/h2-13,19-20,22,33H,14-18H2,1H3. The normalized spacial score (nSPS) is 28.0. The molecular formula is C32H29N. The number of benzene rings is 4. The summed E-state index contributed by atoms with van der Waals surface area (Å²) in [5.41, 5.74) is 9.00. The maximum atomic E-state index is 3.96. The fourth-order valence-electron chi connectivity index (χ4n) is 8.37. The maximum Gasteiger partial charge on any atom is 0.0513 e. The first-order valence-electron chi connectivity index (χ1n) is 12.8. The van der Waals surface area contributed by atoms with Gasteiger partial charge >= 0.3 is 0 Å². The van der Waals surface area contributed by atoms with E-state index in [0.717, 1.165) is 17.8 Å². The second-order valence-corrected chi connectivity index (χ2v) is 11.2. The topological polar surface area (TPSA) is 15.8 Å². The number of hydrogen-bond donors (Lipinski definition) is 1. The molecule has 1 aromatic heterocycles. The first-order valence-corrected chi connectivity index (χ1v) is 12.8. The first kappa shape index (κ1) is 18.4. The van der Waals surface area contributed by atoms with Gasteiger partial charge in [-0.3, -0.25) is 0 Å². The van der Waals surface area contributed by atoms with E-state index in [-0.39, 0.29) is 5.41 Å². The van der Waals surface area contributed by atoms with Crippen LogP contribution in [0, 0.1) is 17.8 Å². The highest BCUT2D eigenvalue weighted by molar-refractivity contribution is 6.21. The smallest absolute Gasteiger partial charge is 0.0513 e. The number of nitrogens with one attached hydrogen (secondary N) is 1. The Labute approximate surface area is 194 Å². The van der Waals surface area contributed by atoms with E-state index in [0.29, 0.717) is 0 Å². The van der Waals surface area contributed by atoms with Gasteiger partial charge in [0.25, 0.3) is 0 Å². The van der Waals surface area contributed by atoms with E-state index in [9.17, 15) is 0 Å². The fraction of sp³-hybridized carbons (Fsp3) is 0.312. The van der Waals surface area contributed by atoms with Gasteiger partial charge < -0.3 is 4.98 Å². The van der Waals surface area contributed by atoms with E-state index in [1.54, 1.807) is 11.1 Å². The molecule has 0 aliphatic heterocycles. The molecule has 2 saturated carbocycles. The second-order valence-electron chi connectivity index (χ2n) is 11.2. The average Bonchev–Trinajstić information content (AvgIpc) is 3.36. The fourth-order valence-corrected chi connectivity index (χ4v) is 8.37. The summed E-state index contributed by atoms with van der Waals surface area (Å²) < 4.78 is 0. The molecule has 1 heterocycles. The number of hydrogen-bond acceptors (Lipinski definition) is 0. The SMILES string of the molecule is CC1CC2CCC3(c4ccccc4-c4ccc5c([nH]c6ccc7ccccc7c65)c43)C(C1)C2. The minimum Gasteiger partial charge on any atom is -0.354 e. The molecule has 0 saturated heterocycles. The summed E-state index contributed by atoms with van der Waals surface area (Å²) in [6, 6.07) is 27.6. The molecule has 0 amide bonds. The minimum absolute atomic E-state index is 0.160. The van der Waals surface area contributed by atoms with Crippen LogP contribution in [-0.2, 0) is 5.41 Å². The van der Waals surface area contributed by atoms with E-state index >= 15 is 0 Å². The van der Waals surface area contributed by atoms with Crippen molar-refractivity contribution >= 4 is 32.6 Å². The molecule has 4 atom stereocenters. The predicted octanol–water partition coefficient (Wildman–Crippen LogP) is 8.59. The summed E-state index contributed by atoms with van der Waals surface area (Å²) in [4.78, 5) is 3.96. The first-order chi connectivity index (χ1) is 16.2. The molecule has 4 unspecified atom stereocenters. The molecular weight excluding hydrogens is 398 g/mol. The molecule has 5 aromatic rings. The van der Waals surface area contributed by atoms with Gasteiger partial charge in [0.15, 0.2) is 0 Å². The van der Waals surface area contributed by atoms with Crippen LogP contribution < -0.4 is 0 Å². The van der Waals surface area contributed by atoms with Gasteiger partial charge in [-0.05, 0) is 89.0 Å². The molecule has 1 N–H and O–H groups in total. The van der Waals surface area contributed by atoms with Crippen LogP contribution in [-0.4, -0.2) is 4.98 Å². The molecule has 1 spiro atoms. The second kappa shape index (κ2) is 6.29. The Morgan fingerprint density at radius 2 is 1.67 bits per heavy atom. The van der Waals surface area contributed by atoms with Crippen molar-refractivity contribution in [2.75, 3.05) is 0 Å². The highest BCUT2D eigenvalue weighted by Gasteiger charge is 2.53. The van der Waals surface area contributed by atoms with Gasteiger partial charge in [0, 0.05) is 21.7 Å². The van der Waals surface area contributed by atoms with Gasteiger partial charge in [-0.15, -0.1) is 0 Å². The molecule has 4 aromatic carbocycles. The Morgan fingerprint density at radius 1 is 0.788 bits per heavy atom. The lowest BCUT2D eigenvalue weighted by Crippen LogP contribution is -2.44. The molecule has 162 valence electrons. The lowest BCUT2D eigenvalue weighted by atomic mass is 9.53. The van der Waals surface area contributed by atoms with Crippen LogP contribution >= 0.6 is 0 Å². The molecule has 0 radical (unpaired) electrons. The molecule has 33 heavy (non-hydrogen) atoms. The zero-order valence-electron chi connectivity index (χ0n) is 19.2. The number of H-pyrrole nitrogens is 1. The van der Waals surface area contributed by atoms with Gasteiger partial charge in [-0.1, -0.05) is 73.7 Å². The summed E-state index contributed by atoms with van der Waals surface area (Å²) >= 11 is 0. The summed E-state index contributed by atoms with van der Waals surface area (Å²) in [5.74, 6) is 2.51. The van der Waals surface area contributed by atoms with Crippen LogP contribution in [0.5, 0.6) is 0 Å². The van der Waals surface area contributed by atoms with Crippen molar-refractivity contribution in [1.82, 2.24) is 4.98 Å². The highest BCUT2D eigenvalue weighted by atomic mass is 14.7. The Bertz CT molecular complexity index is 1590. The quantitative estimate of drug-likeness (QED) is 0.255. The number of aromatic amines is 1. The lowest BCUT2D eigenvalue weighted by Gasteiger charge is -2.50. The monoisotopic (exact) mass is 427 g/mol. The number of rotatable bonds is 0. The third-order valence-electron chi connectivity index (χ3n) is 9.49. The molecule has 2 fully saturated rings. The van der Waals surface area contributed by atoms with Crippen LogP contribution in [0.3, 0.4) is 0 Å². The molecule has 2 bridgehead atoms. The van der Waals surface area contributed by atoms with E-state index < -0.39 is 0 Å². The van der Waals surface area contributed by atoms with Crippen LogP contribution in [0.2, 0.25) is 0 Å². The summed E-state index contributed by atoms with van der Waals surface area (Å²) in [6.07, 6.45) is 6.87. The Hall–Kier alpha value is -3.06. The number of fused-ring (bicyclic) bond motifs is 14. The summed E-state index contributed by atoms with van der Waals surface area (Å²) in [7, 11) is 0. The Balaban J connectivity index is 1.51. The maximum absolute atomic E-state index is 3.96. The van der Waals surface area contributed by atoms with Crippen LogP contribution in [0.15, 0.2) is 72.8 Å². The van der Waals surface area contributed by atoms with E-state index in [1.165, 1.54) is 75.8 Å². The van der Waals surface area contributed by atoms with Crippen molar-refractivity contribution < 1.29 is 0 Å². The van der Waals surface area contributed by atoms with Crippen LogP contribution in [0.4, 0.5) is 0 Å². The Morgan fingerprint density at radius 3 is 2.64 bits per heavy atom. The van der Waals surface area contributed by atoms with Crippen LogP contribution in [0.1, 0.15) is 50.2 Å². The molecule has 3 aliphatic carbocycles. The zero-order chi connectivity index (χ0) is 21.7. The third kappa shape index (κ3) is 2.24. The van der Waals surface area contributed by atoms with Gasteiger partial charge in [-0.2, -0.15) is 0 Å². The lowest BCUT2D eigenvalue weighted by molar-refractivity contribution is 0.0862. The van der Waals surface area contributed by atoms with Crippen molar-refractivity contribution in [1.29, 1.82) is 0 Å². The summed E-state index contributed by atoms with van der Waals surface area (Å²) in [6.45, 7) is 2.50. The number of aromatic nitrogens is 1. The molecule has 3 aliphatic rings. The minimum atomic E-state index is 0.160. The highest BCUT2D eigenvalue weighted by Crippen LogP contribution is 2.63. The van der Waals surface area contributed by atoms with Gasteiger partial charge in [-0.25, -0.2) is 0 Å². The Kier molecular flexibility index (Phi) is 3.50. The zero-order valence-corrected chi connectivity index (χ0v) is 19.2. The van der Waals surface area contributed by atoms with E-state index in [1.807, 2.05) is 0 Å². The molecule has 8 rings (SSSR count). The van der Waals surface area contributed by atoms with Crippen molar-refractivity contribution in [2.24, 2.45) is 17.8 Å². The molecule has 1 nitrogen and oxygen atoms in total. The predicted molar refractivity (Wildman–Crippen MR) is 139 cm³/mol. The van der Waals surface area contributed by atoms with Crippen LogP contribution in [0.25, 0.3) is 43.7 Å². The van der Waals surface area contributed by atoms with Crippen molar-refractivity contribution in [3.8, 4) is 11.1 Å². The summed E-state index contributed by atoms with van der Waals surface area (Å²) in [5, 5.41) is 5.48.